The highest BCUT2D eigenvalue weighted by atomic mass is 35.5. The zero-order valence-electron chi connectivity index (χ0n) is 5.75. The minimum absolute atomic E-state index is 0. The summed E-state index contributed by atoms with van der Waals surface area (Å²) in [5, 5.41) is 9.02. The van der Waals surface area contributed by atoms with Gasteiger partial charge in [-0.15, -0.1) is 12.4 Å². The Morgan fingerprint density at radius 2 is 1.82 bits per heavy atom. The lowest BCUT2D eigenvalue weighted by molar-refractivity contribution is 0.161. The molecule has 62 valence electrons. The van der Waals surface area contributed by atoms with Crippen molar-refractivity contribution in [1.29, 1.82) is 0 Å². The Hall–Kier alpha value is -0.280. The first-order valence-electron chi connectivity index (χ1n) is 2.94. The first kappa shape index (κ1) is 10.7. The van der Waals surface area contributed by atoms with Crippen LogP contribution in [0.25, 0.3) is 0 Å². The molecule has 0 aliphatic heterocycles. The highest BCUT2D eigenvalue weighted by Gasteiger charge is 1.89. The molecule has 1 aromatic rings. The highest BCUT2D eigenvalue weighted by Crippen LogP contribution is 2.08. The molecule has 0 saturated heterocycles. The molecule has 0 heterocycles. The van der Waals surface area contributed by atoms with Crippen LogP contribution in [0.1, 0.15) is 5.56 Å². The van der Waals surface area contributed by atoms with Gasteiger partial charge >= 0.3 is 0 Å². The van der Waals surface area contributed by atoms with Crippen LogP contribution in [-0.4, -0.2) is 5.21 Å². The fourth-order valence-electron chi connectivity index (χ4n) is 0.694. The minimum atomic E-state index is 0. The van der Waals surface area contributed by atoms with Crippen molar-refractivity contribution in [3.05, 3.63) is 34.9 Å². The molecule has 0 saturated carbocycles. The molecule has 0 spiro atoms. The van der Waals surface area contributed by atoms with Crippen LogP contribution in [0.15, 0.2) is 24.3 Å². The summed E-state index contributed by atoms with van der Waals surface area (Å²) in [5.41, 5.74) is 3.07. The van der Waals surface area contributed by atoms with Crippen molar-refractivity contribution in [2.75, 3.05) is 0 Å². The number of halogens is 2. The second-order valence-corrected chi connectivity index (χ2v) is 2.40. The van der Waals surface area contributed by atoms with Crippen LogP contribution < -0.4 is 5.48 Å². The molecule has 1 rings (SSSR count). The summed E-state index contributed by atoms with van der Waals surface area (Å²) < 4.78 is 0. The van der Waals surface area contributed by atoms with Gasteiger partial charge in [0, 0.05) is 11.6 Å². The van der Waals surface area contributed by atoms with Gasteiger partial charge in [0.05, 0.1) is 0 Å². The standard InChI is InChI=1S/C7H8ClNO.ClH/c8-7-3-1-6(2-4-7)5-9-10;/h1-4,9-10H,5H2;1H. The van der Waals surface area contributed by atoms with E-state index in [1.807, 2.05) is 12.1 Å². The van der Waals surface area contributed by atoms with Gasteiger partial charge in [0.25, 0.3) is 0 Å². The van der Waals surface area contributed by atoms with Crippen molar-refractivity contribution in [1.82, 2.24) is 5.48 Å². The lowest BCUT2D eigenvalue weighted by Crippen LogP contribution is -2.05. The number of benzene rings is 1. The number of hydroxylamine groups is 1. The number of rotatable bonds is 2. The Morgan fingerprint density at radius 1 is 1.27 bits per heavy atom. The Labute approximate surface area is 76.6 Å². The van der Waals surface area contributed by atoms with E-state index in [2.05, 4.69) is 5.48 Å². The normalized spacial score (nSPS) is 8.91. The van der Waals surface area contributed by atoms with Gasteiger partial charge in [0.2, 0.25) is 0 Å². The molecule has 0 fully saturated rings. The molecule has 0 aromatic heterocycles. The molecule has 2 nitrogen and oxygen atoms in total. The van der Waals surface area contributed by atoms with Crippen molar-refractivity contribution in [2.24, 2.45) is 0 Å². The minimum Gasteiger partial charge on any atom is -0.316 e. The predicted molar refractivity (Wildman–Crippen MR) is 47.3 cm³/mol. The lowest BCUT2D eigenvalue weighted by atomic mass is 10.2. The van der Waals surface area contributed by atoms with Crippen molar-refractivity contribution < 1.29 is 5.21 Å². The molecular formula is C7H9Cl2NO. The molecule has 0 atom stereocenters. The third kappa shape index (κ3) is 3.58. The van der Waals surface area contributed by atoms with Gasteiger partial charge in [0.1, 0.15) is 0 Å². The van der Waals surface area contributed by atoms with Crippen molar-refractivity contribution >= 4 is 24.0 Å². The van der Waals surface area contributed by atoms with Gasteiger partial charge in [-0.25, -0.2) is 5.48 Å². The van der Waals surface area contributed by atoms with E-state index in [0.717, 1.165) is 5.56 Å². The zero-order valence-corrected chi connectivity index (χ0v) is 7.32. The average molecular weight is 194 g/mol. The van der Waals surface area contributed by atoms with Crippen molar-refractivity contribution in [3.63, 3.8) is 0 Å². The summed E-state index contributed by atoms with van der Waals surface area (Å²) in [7, 11) is 0. The topological polar surface area (TPSA) is 32.3 Å². The van der Waals surface area contributed by atoms with Crippen LogP contribution in [-0.2, 0) is 6.54 Å². The highest BCUT2D eigenvalue weighted by molar-refractivity contribution is 6.30. The van der Waals surface area contributed by atoms with E-state index in [9.17, 15) is 0 Å². The van der Waals surface area contributed by atoms with E-state index in [1.165, 1.54) is 0 Å². The van der Waals surface area contributed by atoms with Crippen LogP contribution in [0.4, 0.5) is 0 Å². The van der Waals surface area contributed by atoms with E-state index in [0.29, 0.717) is 11.6 Å². The third-order valence-electron chi connectivity index (χ3n) is 1.20. The number of hydrogen-bond acceptors (Lipinski definition) is 2. The Balaban J connectivity index is 0.000001000. The quantitative estimate of drug-likeness (QED) is 0.707. The number of hydrogen-bond donors (Lipinski definition) is 2. The van der Waals surface area contributed by atoms with Crippen molar-refractivity contribution in [2.45, 2.75) is 6.54 Å². The van der Waals surface area contributed by atoms with Gasteiger partial charge < -0.3 is 5.21 Å². The van der Waals surface area contributed by atoms with E-state index in [4.69, 9.17) is 16.8 Å². The summed E-state index contributed by atoms with van der Waals surface area (Å²) in [6.07, 6.45) is 0. The Morgan fingerprint density at radius 3 is 2.27 bits per heavy atom. The predicted octanol–water partition coefficient (Wildman–Crippen LogP) is 2.24. The summed E-state index contributed by atoms with van der Waals surface area (Å²) >= 11 is 5.63. The molecular weight excluding hydrogens is 185 g/mol. The summed E-state index contributed by atoms with van der Waals surface area (Å²) in [4.78, 5) is 0. The first-order chi connectivity index (χ1) is 4.83. The van der Waals surface area contributed by atoms with Gasteiger partial charge in [-0.2, -0.15) is 0 Å². The van der Waals surface area contributed by atoms with E-state index < -0.39 is 0 Å². The van der Waals surface area contributed by atoms with E-state index in [-0.39, 0.29) is 12.4 Å². The largest absolute Gasteiger partial charge is 0.316 e. The lowest BCUT2D eigenvalue weighted by Gasteiger charge is -1.96. The van der Waals surface area contributed by atoms with Gasteiger partial charge in [-0.05, 0) is 17.7 Å². The van der Waals surface area contributed by atoms with Crippen LogP contribution in [0, 0.1) is 0 Å². The molecule has 0 aliphatic carbocycles. The first-order valence-corrected chi connectivity index (χ1v) is 3.32. The third-order valence-corrected chi connectivity index (χ3v) is 1.45. The van der Waals surface area contributed by atoms with Crippen LogP contribution in [0.2, 0.25) is 5.02 Å². The molecule has 4 heteroatoms. The molecule has 0 aliphatic rings. The van der Waals surface area contributed by atoms with Crippen LogP contribution in [0.3, 0.4) is 0 Å². The van der Waals surface area contributed by atoms with Crippen molar-refractivity contribution in [3.8, 4) is 0 Å². The summed E-state index contributed by atoms with van der Waals surface area (Å²) in [6.45, 7) is 0.456. The Kier molecular flexibility index (Phi) is 5.24. The van der Waals surface area contributed by atoms with E-state index in [1.54, 1.807) is 12.1 Å². The van der Waals surface area contributed by atoms with Gasteiger partial charge in [-0.3, -0.25) is 0 Å². The maximum atomic E-state index is 8.31. The number of nitrogens with one attached hydrogen (secondary N) is 1. The molecule has 0 bridgehead atoms. The average Bonchev–Trinajstić information content (AvgIpc) is 1.95. The van der Waals surface area contributed by atoms with Gasteiger partial charge in [-0.1, -0.05) is 23.7 Å². The molecule has 0 unspecified atom stereocenters. The zero-order chi connectivity index (χ0) is 7.40. The second kappa shape index (κ2) is 5.38. The SMILES string of the molecule is Cl.ONCc1ccc(Cl)cc1. The summed E-state index contributed by atoms with van der Waals surface area (Å²) in [6, 6.07) is 7.28. The van der Waals surface area contributed by atoms with E-state index >= 15 is 0 Å². The Bertz CT molecular complexity index is 200. The van der Waals surface area contributed by atoms with Gasteiger partial charge in [0.15, 0.2) is 0 Å². The molecule has 0 amide bonds. The fraction of sp³-hybridized carbons (Fsp3) is 0.143. The second-order valence-electron chi connectivity index (χ2n) is 1.96. The smallest absolute Gasteiger partial charge is 0.0458 e. The maximum Gasteiger partial charge on any atom is 0.0458 e. The maximum absolute atomic E-state index is 8.31. The molecule has 0 radical (unpaired) electrons. The summed E-state index contributed by atoms with van der Waals surface area (Å²) in [5.74, 6) is 0. The monoisotopic (exact) mass is 193 g/mol. The van der Waals surface area contributed by atoms with Crippen LogP contribution >= 0.6 is 24.0 Å². The molecule has 1 aromatic carbocycles. The fourth-order valence-corrected chi connectivity index (χ4v) is 0.820. The van der Waals surface area contributed by atoms with Crippen LogP contribution in [0.5, 0.6) is 0 Å². The molecule has 2 N–H and O–H groups in total. The molecule has 11 heavy (non-hydrogen) atoms.